The summed E-state index contributed by atoms with van der Waals surface area (Å²) in [5.74, 6) is -2.68. The lowest BCUT2D eigenvalue weighted by atomic mass is 9.94. The molecule has 5 rings (SSSR count). The van der Waals surface area contributed by atoms with Gasteiger partial charge in [0.25, 0.3) is 5.91 Å². The number of hydrogen-bond acceptors (Lipinski definition) is 5. The third-order valence-corrected chi connectivity index (χ3v) is 7.51. The van der Waals surface area contributed by atoms with E-state index in [2.05, 4.69) is 21.2 Å². The van der Waals surface area contributed by atoms with Crippen molar-refractivity contribution < 1.29 is 41.4 Å². The fourth-order valence-corrected chi connectivity index (χ4v) is 4.93. The molecule has 1 saturated heterocycles. The van der Waals surface area contributed by atoms with E-state index in [0.29, 0.717) is 42.0 Å². The van der Waals surface area contributed by atoms with Crippen molar-refractivity contribution in [2.24, 2.45) is 5.92 Å². The second-order valence-corrected chi connectivity index (χ2v) is 11.1. The molecule has 1 heterocycles. The average Bonchev–Trinajstić information content (AvgIpc) is 3.53. The molecule has 11 heteroatoms. The first-order valence-electron chi connectivity index (χ1n) is 13.6. The number of halogens is 5. The smallest absolute Gasteiger partial charge is 0.416 e. The molecule has 1 fully saturated rings. The Labute approximate surface area is 259 Å². The topological polar surface area (TPSA) is 73.9 Å². The third-order valence-electron chi connectivity index (χ3n) is 6.98. The number of hydrogen-bond donors (Lipinski definition) is 1. The SMILES string of the molecule is O=C(Nc1ccc(C(F)(F)F)cc1F)c1cc(OC[C@H]2CCOC2)cc(-c2ccc(Br)cc2)c1C(=O)OCc1ccccc1. The van der Waals surface area contributed by atoms with Crippen molar-refractivity contribution in [2.45, 2.75) is 19.2 Å². The largest absolute Gasteiger partial charge is 0.493 e. The molecule has 0 aromatic heterocycles. The summed E-state index contributed by atoms with van der Waals surface area (Å²) in [6.07, 6.45) is -3.97. The van der Waals surface area contributed by atoms with Gasteiger partial charge in [0.15, 0.2) is 0 Å². The minimum absolute atomic E-state index is 0.0893. The standard InChI is InChI=1S/C33H26BrF4NO5/c34-24-9-6-22(7-10-24)26-15-25(43-19-21-12-13-42-17-21)16-27(30(26)32(41)44-18-20-4-2-1-3-5-20)31(40)39-29-11-8-23(14-28(29)35)33(36,37)38/h1-11,14-16,21H,12-13,17-19H2,(H,39,40)/t21-/m0/s1. The van der Waals surface area contributed by atoms with Gasteiger partial charge < -0.3 is 19.5 Å². The van der Waals surface area contributed by atoms with Gasteiger partial charge in [-0.3, -0.25) is 4.79 Å². The number of ether oxygens (including phenoxy) is 3. The number of rotatable bonds is 9. The summed E-state index contributed by atoms with van der Waals surface area (Å²) in [4.78, 5) is 27.4. The number of carbonyl (C=O) groups is 2. The quantitative estimate of drug-likeness (QED) is 0.143. The van der Waals surface area contributed by atoms with Gasteiger partial charge in [-0.1, -0.05) is 58.4 Å². The fourth-order valence-electron chi connectivity index (χ4n) is 4.66. The highest BCUT2D eigenvalue weighted by Gasteiger charge is 2.32. The van der Waals surface area contributed by atoms with Gasteiger partial charge in [-0.15, -0.1) is 0 Å². The Kier molecular flexibility index (Phi) is 9.65. The lowest BCUT2D eigenvalue weighted by Crippen LogP contribution is -2.20. The molecule has 1 aliphatic heterocycles. The summed E-state index contributed by atoms with van der Waals surface area (Å²) < 4.78 is 71.9. The molecule has 4 aromatic carbocycles. The summed E-state index contributed by atoms with van der Waals surface area (Å²) in [7, 11) is 0. The fraction of sp³-hybridized carbons (Fsp3) is 0.212. The van der Waals surface area contributed by atoms with Crippen molar-refractivity contribution in [3.63, 3.8) is 0 Å². The van der Waals surface area contributed by atoms with Crippen LogP contribution in [0.4, 0.5) is 23.2 Å². The molecule has 1 N–H and O–H groups in total. The highest BCUT2D eigenvalue weighted by molar-refractivity contribution is 9.10. The zero-order valence-corrected chi connectivity index (χ0v) is 24.7. The van der Waals surface area contributed by atoms with Crippen LogP contribution in [0.15, 0.2) is 89.4 Å². The number of esters is 1. The van der Waals surface area contributed by atoms with Crippen molar-refractivity contribution in [3.05, 3.63) is 117 Å². The maximum absolute atomic E-state index is 14.7. The second kappa shape index (κ2) is 13.6. The van der Waals surface area contributed by atoms with E-state index < -0.39 is 35.1 Å². The Balaban J connectivity index is 1.57. The van der Waals surface area contributed by atoms with Crippen molar-refractivity contribution in [1.29, 1.82) is 0 Å². The zero-order valence-electron chi connectivity index (χ0n) is 23.1. The molecule has 1 atom stereocenters. The molecule has 1 aliphatic rings. The molecule has 4 aromatic rings. The van der Waals surface area contributed by atoms with Crippen molar-refractivity contribution in [2.75, 3.05) is 25.1 Å². The molecule has 1 amide bonds. The van der Waals surface area contributed by atoms with Crippen LogP contribution >= 0.6 is 15.9 Å². The van der Waals surface area contributed by atoms with Crippen LogP contribution in [0.5, 0.6) is 5.75 Å². The first-order chi connectivity index (χ1) is 21.1. The van der Waals surface area contributed by atoms with Gasteiger partial charge in [-0.2, -0.15) is 13.2 Å². The maximum atomic E-state index is 14.7. The molecule has 0 aliphatic carbocycles. The number of carbonyl (C=O) groups excluding carboxylic acids is 2. The lowest BCUT2D eigenvalue weighted by Gasteiger charge is -2.19. The molecule has 44 heavy (non-hydrogen) atoms. The van der Waals surface area contributed by atoms with E-state index in [1.54, 1.807) is 54.6 Å². The van der Waals surface area contributed by atoms with Gasteiger partial charge >= 0.3 is 12.1 Å². The predicted octanol–water partition coefficient (Wildman–Crippen LogP) is 8.30. The van der Waals surface area contributed by atoms with Gasteiger partial charge in [0.05, 0.1) is 35.6 Å². The Morgan fingerprint density at radius 3 is 2.39 bits per heavy atom. The molecule has 0 bridgehead atoms. The summed E-state index contributed by atoms with van der Waals surface area (Å²) in [6.45, 7) is 1.32. The molecule has 0 saturated carbocycles. The molecule has 0 unspecified atom stereocenters. The Morgan fingerprint density at radius 2 is 1.73 bits per heavy atom. The molecular weight excluding hydrogens is 646 g/mol. The minimum Gasteiger partial charge on any atom is -0.493 e. The number of nitrogens with one attached hydrogen (secondary N) is 1. The van der Waals surface area contributed by atoms with E-state index in [0.717, 1.165) is 17.0 Å². The molecular formula is C33H26BrF4NO5. The highest BCUT2D eigenvalue weighted by atomic mass is 79.9. The van der Waals surface area contributed by atoms with E-state index in [1.807, 2.05) is 6.07 Å². The molecule has 6 nitrogen and oxygen atoms in total. The predicted molar refractivity (Wildman–Crippen MR) is 159 cm³/mol. The van der Waals surface area contributed by atoms with E-state index in [9.17, 15) is 27.2 Å². The Morgan fingerprint density at radius 1 is 0.977 bits per heavy atom. The lowest BCUT2D eigenvalue weighted by molar-refractivity contribution is -0.137. The van der Waals surface area contributed by atoms with Gasteiger partial charge in [-0.05, 0) is 60.0 Å². The summed E-state index contributed by atoms with van der Waals surface area (Å²) in [6, 6.07) is 20.7. The number of benzene rings is 4. The van der Waals surface area contributed by atoms with E-state index in [4.69, 9.17) is 14.2 Å². The van der Waals surface area contributed by atoms with E-state index in [1.165, 1.54) is 6.07 Å². The number of anilines is 1. The van der Waals surface area contributed by atoms with Gasteiger partial charge in [-0.25, -0.2) is 9.18 Å². The van der Waals surface area contributed by atoms with Crippen LogP contribution in [0.1, 0.15) is 38.3 Å². The van der Waals surface area contributed by atoms with Crippen LogP contribution in [0, 0.1) is 11.7 Å². The van der Waals surface area contributed by atoms with E-state index >= 15 is 0 Å². The first kappa shape index (κ1) is 31.2. The van der Waals surface area contributed by atoms with Crippen LogP contribution in [0.25, 0.3) is 11.1 Å². The van der Waals surface area contributed by atoms with Crippen LogP contribution in [0.3, 0.4) is 0 Å². The van der Waals surface area contributed by atoms with Crippen LogP contribution in [0.2, 0.25) is 0 Å². The van der Waals surface area contributed by atoms with Crippen molar-refractivity contribution >= 4 is 33.5 Å². The normalized spacial score (nSPS) is 14.7. The van der Waals surface area contributed by atoms with Crippen LogP contribution in [-0.2, 0) is 22.3 Å². The monoisotopic (exact) mass is 671 g/mol. The zero-order chi connectivity index (χ0) is 31.3. The first-order valence-corrected chi connectivity index (χ1v) is 14.4. The highest BCUT2D eigenvalue weighted by Crippen LogP contribution is 2.35. The number of amides is 1. The summed E-state index contributed by atoms with van der Waals surface area (Å²) >= 11 is 3.39. The van der Waals surface area contributed by atoms with Crippen LogP contribution < -0.4 is 10.1 Å². The Bertz CT molecular complexity index is 1640. The van der Waals surface area contributed by atoms with Gasteiger partial charge in [0.1, 0.15) is 18.2 Å². The third kappa shape index (κ3) is 7.64. The second-order valence-electron chi connectivity index (χ2n) is 10.1. The number of alkyl halides is 3. The van der Waals surface area contributed by atoms with Gasteiger partial charge in [0.2, 0.25) is 0 Å². The summed E-state index contributed by atoms with van der Waals surface area (Å²) in [5, 5.41) is 2.31. The van der Waals surface area contributed by atoms with Crippen LogP contribution in [-0.4, -0.2) is 31.7 Å². The summed E-state index contributed by atoms with van der Waals surface area (Å²) in [5.41, 5.74) is -0.445. The minimum atomic E-state index is -4.77. The van der Waals surface area contributed by atoms with Gasteiger partial charge in [0, 0.05) is 22.6 Å². The molecule has 0 radical (unpaired) electrons. The molecule has 0 spiro atoms. The Hall–Kier alpha value is -4.22. The van der Waals surface area contributed by atoms with Crippen molar-refractivity contribution in [3.8, 4) is 16.9 Å². The maximum Gasteiger partial charge on any atom is 0.416 e. The molecule has 228 valence electrons. The average molecular weight is 672 g/mol. The van der Waals surface area contributed by atoms with E-state index in [-0.39, 0.29) is 36.0 Å². The van der Waals surface area contributed by atoms with Crippen molar-refractivity contribution in [1.82, 2.24) is 0 Å².